The van der Waals surface area contributed by atoms with E-state index in [1.807, 2.05) is 53.6 Å². The number of amides is 1. The van der Waals surface area contributed by atoms with Crippen LogP contribution in [-0.2, 0) is 27.7 Å². The molecule has 0 radical (unpaired) electrons. The van der Waals surface area contributed by atoms with Gasteiger partial charge in [-0.15, -0.1) is 11.3 Å². The lowest BCUT2D eigenvalue weighted by atomic mass is 10.1. The number of nitrogens with zero attached hydrogens (tertiary/aromatic N) is 4. The molecule has 11 heteroatoms. The van der Waals surface area contributed by atoms with Crippen LogP contribution >= 0.6 is 11.3 Å². The number of hydrogen-bond donors (Lipinski definition) is 1. The number of rotatable bonds is 8. The summed E-state index contributed by atoms with van der Waals surface area (Å²) in [5, 5.41) is 14.5. The van der Waals surface area contributed by atoms with Crippen LogP contribution in [0.3, 0.4) is 0 Å². The van der Waals surface area contributed by atoms with E-state index in [0.717, 1.165) is 11.1 Å². The maximum Gasteiger partial charge on any atom is 0.263 e. The number of aromatic nitrogens is 2. The van der Waals surface area contributed by atoms with Crippen LogP contribution in [0.2, 0.25) is 0 Å². The van der Waals surface area contributed by atoms with Gasteiger partial charge >= 0.3 is 0 Å². The Morgan fingerprint density at radius 1 is 1.35 bits per heavy atom. The number of nitriles is 1. The van der Waals surface area contributed by atoms with Gasteiger partial charge in [-0.3, -0.25) is 19.1 Å². The molecule has 0 aliphatic carbocycles. The minimum Gasteiger partial charge on any atom is -0.351 e. The van der Waals surface area contributed by atoms with Crippen LogP contribution in [0.4, 0.5) is 0 Å². The summed E-state index contributed by atoms with van der Waals surface area (Å²) < 4.78 is 24.7. The SMILES string of the molecule is CCN(CC(=O)NC1CCS(=O)(=O)C1)Cc1nc2scc(-c3ccccc3)c2c(=O)n1CC#N. The Morgan fingerprint density at radius 2 is 2.12 bits per heavy atom. The van der Waals surface area contributed by atoms with Crippen molar-refractivity contribution in [3.8, 4) is 17.2 Å². The summed E-state index contributed by atoms with van der Waals surface area (Å²) in [7, 11) is -3.09. The Morgan fingerprint density at radius 3 is 2.76 bits per heavy atom. The molecule has 1 aromatic carbocycles. The maximum absolute atomic E-state index is 13.4. The topological polar surface area (TPSA) is 125 Å². The molecular formula is C23H25N5O4S2. The van der Waals surface area contributed by atoms with Crippen LogP contribution in [0.1, 0.15) is 19.2 Å². The first kappa shape index (κ1) is 24.1. The molecule has 1 atom stereocenters. The van der Waals surface area contributed by atoms with Crippen LogP contribution in [0.15, 0.2) is 40.5 Å². The summed E-state index contributed by atoms with van der Waals surface area (Å²) in [6.07, 6.45) is 0.419. The molecule has 1 fully saturated rings. The van der Waals surface area contributed by atoms with Gasteiger partial charge in [0.2, 0.25) is 5.91 Å². The third kappa shape index (κ3) is 5.19. The van der Waals surface area contributed by atoms with E-state index in [-0.39, 0.29) is 48.6 Å². The quantitative estimate of drug-likeness (QED) is 0.501. The molecule has 1 aliphatic rings. The number of benzene rings is 1. The molecule has 9 nitrogen and oxygen atoms in total. The van der Waals surface area contributed by atoms with Crippen molar-refractivity contribution in [1.29, 1.82) is 5.26 Å². The van der Waals surface area contributed by atoms with E-state index in [0.29, 0.717) is 29.0 Å². The zero-order valence-corrected chi connectivity index (χ0v) is 20.4. The monoisotopic (exact) mass is 499 g/mol. The number of thiophene rings is 1. The first-order valence-corrected chi connectivity index (χ1v) is 13.7. The normalized spacial score (nSPS) is 17.1. The zero-order valence-electron chi connectivity index (χ0n) is 18.7. The van der Waals surface area contributed by atoms with Crippen LogP contribution in [0.25, 0.3) is 21.3 Å². The summed E-state index contributed by atoms with van der Waals surface area (Å²) in [6, 6.07) is 11.2. The van der Waals surface area contributed by atoms with E-state index in [1.54, 1.807) is 0 Å². The fraction of sp³-hybridized carbons (Fsp3) is 0.391. The lowest BCUT2D eigenvalue weighted by molar-refractivity contribution is -0.122. The average Bonchev–Trinajstić information content (AvgIpc) is 3.39. The molecule has 3 heterocycles. The molecule has 1 unspecified atom stereocenters. The van der Waals surface area contributed by atoms with Crippen molar-refractivity contribution in [2.24, 2.45) is 0 Å². The average molecular weight is 500 g/mol. The van der Waals surface area contributed by atoms with Crippen molar-refractivity contribution in [3.05, 3.63) is 51.9 Å². The number of likely N-dealkylation sites (N-methyl/N-ethyl adjacent to an activating group) is 1. The lowest BCUT2D eigenvalue weighted by Crippen LogP contribution is -2.43. The Kier molecular flexibility index (Phi) is 7.11. The van der Waals surface area contributed by atoms with Gasteiger partial charge in [-0.1, -0.05) is 37.3 Å². The largest absolute Gasteiger partial charge is 0.351 e. The molecule has 1 saturated heterocycles. The zero-order chi connectivity index (χ0) is 24.3. The highest BCUT2D eigenvalue weighted by Crippen LogP contribution is 2.31. The summed E-state index contributed by atoms with van der Waals surface area (Å²) in [5.41, 5.74) is 1.41. The van der Waals surface area contributed by atoms with Gasteiger partial charge in [-0.05, 0) is 18.5 Å². The smallest absolute Gasteiger partial charge is 0.263 e. The van der Waals surface area contributed by atoms with E-state index in [1.165, 1.54) is 15.9 Å². The summed E-state index contributed by atoms with van der Waals surface area (Å²) in [4.78, 5) is 33.0. The van der Waals surface area contributed by atoms with E-state index < -0.39 is 9.84 Å². The van der Waals surface area contributed by atoms with Crippen LogP contribution in [0.5, 0.6) is 0 Å². The van der Waals surface area contributed by atoms with Gasteiger partial charge in [0, 0.05) is 17.0 Å². The fourth-order valence-electron chi connectivity index (χ4n) is 4.12. The highest BCUT2D eigenvalue weighted by molar-refractivity contribution is 7.91. The number of carbonyl (C=O) groups excluding carboxylic acids is 1. The molecule has 1 N–H and O–H groups in total. The molecule has 2 aromatic heterocycles. The second-order valence-corrected chi connectivity index (χ2v) is 11.3. The molecular weight excluding hydrogens is 474 g/mol. The Hall–Kier alpha value is -3.07. The summed E-state index contributed by atoms with van der Waals surface area (Å²) >= 11 is 1.37. The molecule has 0 saturated carbocycles. The molecule has 0 bridgehead atoms. The lowest BCUT2D eigenvalue weighted by Gasteiger charge is -2.22. The Balaban J connectivity index is 1.59. The first-order valence-electron chi connectivity index (χ1n) is 11.0. The summed E-state index contributed by atoms with van der Waals surface area (Å²) in [5.74, 6) is 0.193. The third-order valence-electron chi connectivity index (χ3n) is 5.86. The predicted molar refractivity (Wildman–Crippen MR) is 131 cm³/mol. The second kappa shape index (κ2) is 10.0. The van der Waals surface area contributed by atoms with Crippen molar-refractivity contribution < 1.29 is 13.2 Å². The van der Waals surface area contributed by atoms with Gasteiger partial charge in [0.1, 0.15) is 17.2 Å². The van der Waals surface area contributed by atoms with Gasteiger partial charge in [0.05, 0.1) is 36.1 Å². The maximum atomic E-state index is 13.4. The van der Waals surface area contributed by atoms with Gasteiger partial charge in [-0.25, -0.2) is 13.4 Å². The Labute approximate surface area is 201 Å². The van der Waals surface area contributed by atoms with E-state index in [9.17, 15) is 23.3 Å². The number of sulfone groups is 1. The minimum atomic E-state index is -3.09. The van der Waals surface area contributed by atoms with Gasteiger partial charge in [0.15, 0.2) is 9.84 Å². The predicted octanol–water partition coefficient (Wildman–Crippen LogP) is 1.77. The molecule has 1 aliphatic heterocycles. The molecule has 4 rings (SSSR count). The number of carbonyl (C=O) groups is 1. The molecule has 178 valence electrons. The van der Waals surface area contributed by atoms with E-state index >= 15 is 0 Å². The summed E-state index contributed by atoms with van der Waals surface area (Å²) in [6.45, 7) is 2.49. The molecule has 1 amide bonds. The first-order chi connectivity index (χ1) is 16.3. The van der Waals surface area contributed by atoms with E-state index in [4.69, 9.17) is 4.98 Å². The minimum absolute atomic E-state index is 0.0348. The third-order valence-corrected chi connectivity index (χ3v) is 8.50. The highest BCUT2D eigenvalue weighted by atomic mass is 32.2. The highest BCUT2D eigenvalue weighted by Gasteiger charge is 2.29. The van der Waals surface area contributed by atoms with E-state index in [2.05, 4.69) is 5.32 Å². The van der Waals surface area contributed by atoms with Crippen molar-refractivity contribution in [1.82, 2.24) is 19.8 Å². The standard InChI is InChI=1S/C23H25N5O4S2/c1-2-27(13-20(29)25-17-8-11-34(31,32)15-17)12-19-26-22-21(23(30)28(19)10-9-24)18(14-33-22)16-6-4-3-5-7-16/h3-7,14,17H,2,8,10-13,15H2,1H3,(H,25,29). The van der Waals surface area contributed by atoms with Crippen molar-refractivity contribution >= 4 is 37.3 Å². The molecule has 34 heavy (non-hydrogen) atoms. The van der Waals surface area contributed by atoms with Crippen LogP contribution in [0, 0.1) is 11.3 Å². The second-order valence-electron chi connectivity index (χ2n) is 8.24. The fourth-order valence-corrected chi connectivity index (χ4v) is 6.75. The van der Waals surface area contributed by atoms with Crippen LogP contribution < -0.4 is 10.9 Å². The number of hydrogen-bond acceptors (Lipinski definition) is 8. The number of nitrogens with one attached hydrogen (secondary N) is 1. The van der Waals surface area contributed by atoms with Crippen LogP contribution in [-0.4, -0.2) is 59.4 Å². The van der Waals surface area contributed by atoms with Gasteiger partial charge in [0.25, 0.3) is 5.56 Å². The van der Waals surface area contributed by atoms with Gasteiger partial charge in [-0.2, -0.15) is 5.26 Å². The van der Waals surface area contributed by atoms with Gasteiger partial charge < -0.3 is 5.32 Å². The Bertz CT molecular complexity index is 1410. The molecule has 3 aromatic rings. The van der Waals surface area contributed by atoms with Crippen molar-refractivity contribution in [3.63, 3.8) is 0 Å². The van der Waals surface area contributed by atoms with Crippen molar-refractivity contribution in [2.45, 2.75) is 32.5 Å². The number of fused-ring (bicyclic) bond motifs is 1. The molecule has 0 spiro atoms. The van der Waals surface area contributed by atoms with Crippen molar-refractivity contribution in [2.75, 3.05) is 24.6 Å².